The van der Waals surface area contributed by atoms with Gasteiger partial charge in [0.2, 0.25) is 0 Å². The highest BCUT2D eigenvalue weighted by atomic mass is 19.4. The maximum absolute atomic E-state index is 12.6. The fourth-order valence-electron chi connectivity index (χ4n) is 1.77. The van der Waals surface area contributed by atoms with Gasteiger partial charge in [0.05, 0.1) is 5.56 Å². The van der Waals surface area contributed by atoms with Gasteiger partial charge < -0.3 is 15.5 Å². The lowest BCUT2D eigenvalue weighted by Gasteiger charge is -2.24. The first-order chi connectivity index (χ1) is 8.75. The predicted molar refractivity (Wildman–Crippen MR) is 71.2 cm³/mol. The largest absolute Gasteiger partial charge is 0.416 e. The van der Waals surface area contributed by atoms with Gasteiger partial charge in [-0.1, -0.05) is 0 Å². The number of benzene rings is 1. The molecule has 0 aliphatic rings. The number of nitrogens with zero attached hydrogens (tertiary/aromatic N) is 2. The Hall–Kier alpha value is -1.27. The third kappa shape index (κ3) is 4.40. The lowest BCUT2D eigenvalue weighted by molar-refractivity contribution is -0.137. The summed E-state index contributed by atoms with van der Waals surface area (Å²) in [5, 5.41) is 0. The van der Waals surface area contributed by atoms with E-state index in [-0.39, 0.29) is 6.54 Å². The van der Waals surface area contributed by atoms with Crippen LogP contribution in [0.1, 0.15) is 11.1 Å². The van der Waals surface area contributed by atoms with Crippen molar-refractivity contribution in [2.75, 3.05) is 39.1 Å². The molecular formula is C13H20F3N3. The van der Waals surface area contributed by atoms with E-state index in [0.29, 0.717) is 5.56 Å². The fraction of sp³-hybridized carbons (Fsp3) is 0.538. The lowest BCUT2D eigenvalue weighted by Crippen LogP contribution is -2.29. The molecule has 0 bridgehead atoms. The maximum atomic E-state index is 12.6. The Morgan fingerprint density at radius 2 is 1.74 bits per heavy atom. The molecule has 108 valence electrons. The molecule has 0 amide bonds. The van der Waals surface area contributed by atoms with E-state index in [9.17, 15) is 13.2 Å². The SMILES string of the molecule is CN(C)CCN(C)c1ccc(C(F)(F)F)cc1CN. The summed E-state index contributed by atoms with van der Waals surface area (Å²) < 4.78 is 37.9. The molecule has 6 heteroatoms. The van der Waals surface area contributed by atoms with Crippen molar-refractivity contribution in [2.45, 2.75) is 12.7 Å². The summed E-state index contributed by atoms with van der Waals surface area (Å²) in [6.45, 7) is 1.64. The van der Waals surface area contributed by atoms with Crippen LogP contribution in [0.2, 0.25) is 0 Å². The minimum Gasteiger partial charge on any atom is -0.373 e. The molecule has 19 heavy (non-hydrogen) atoms. The van der Waals surface area contributed by atoms with Gasteiger partial charge in [-0.2, -0.15) is 13.2 Å². The summed E-state index contributed by atoms with van der Waals surface area (Å²) in [4.78, 5) is 3.94. The van der Waals surface area contributed by atoms with Gasteiger partial charge >= 0.3 is 6.18 Å². The zero-order valence-electron chi connectivity index (χ0n) is 11.5. The summed E-state index contributed by atoms with van der Waals surface area (Å²) >= 11 is 0. The van der Waals surface area contributed by atoms with E-state index >= 15 is 0 Å². The van der Waals surface area contributed by atoms with E-state index in [0.717, 1.165) is 30.9 Å². The molecule has 0 aliphatic carbocycles. The Morgan fingerprint density at radius 3 is 2.21 bits per heavy atom. The molecule has 0 fully saturated rings. The van der Waals surface area contributed by atoms with Gasteiger partial charge in [-0.25, -0.2) is 0 Å². The molecule has 0 aromatic heterocycles. The quantitative estimate of drug-likeness (QED) is 0.894. The van der Waals surface area contributed by atoms with Gasteiger partial charge in [-0.15, -0.1) is 0 Å². The Labute approximate surface area is 111 Å². The molecule has 3 nitrogen and oxygen atoms in total. The van der Waals surface area contributed by atoms with Gasteiger partial charge in [0.25, 0.3) is 0 Å². The van der Waals surface area contributed by atoms with Crippen LogP contribution in [0.25, 0.3) is 0 Å². The average Bonchev–Trinajstić information content (AvgIpc) is 2.33. The Kier molecular flexibility index (Phi) is 5.20. The van der Waals surface area contributed by atoms with Crippen molar-refractivity contribution in [3.8, 4) is 0 Å². The van der Waals surface area contributed by atoms with Gasteiger partial charge in [-0.05, 0) is 37.9 Å². The third-order valence-electron chi connectivity index (χ3n) is 2.92. The number of anilines is 1. The zero-order valence-corrected chi connectivity index (χ0v) is 11.5. The van der Waals surface area contributed by atoms with Crippen LogP contribution in [0.15, 0.2) is 18.2 Å². The number of rotatable bonds is 5. The number of nitrogens with two attached hydrogens (primary N) is 1. The molecule has 0 atom stereocenters. The monoisotopic (exact) mass is 275 g/mol. The zero-order chi connectivity index (χ0) is 14.6. The van der Waals surface area contributed by atoms with Gasteiger partial charge in [-0.3, -0.25) is 0 Å². The van der Waals surface area contributed by atoms with Crippen molar-refractivity contribution in [2.24, 2.45) is 5.73 Å². The Bertz CT molecular complexity index is 416. The summed E-state index contributed by atoms with van der Waals surface area (Å²) in [6, 6.07) is 3.71. The van der Waals surface area contributed by atoms with Crippen LogP contribution in [0.3, 0.4) is 0 Å². The molecule has 0 heterocycles. The predicted octanol–water partition coefficient (Wildman–Crippen LogP) is 2.16. The molecular weight excluding hydrogens is 255 g/mol. The second kappa shape index (κ2) is 6.25. The molecule has 0 radical (unpaired) electrons. The minimum atomic E-state index is -4.33. The lowest BCUT2D eigenvalue weighted by atomic mass is 10.1. The smallest absolute Gasteiger partial charge is 0.373 e. The van der Waals surface area contributed by atoms with Crippen LogP contribution in [0.4, 0.5) is 18.9 Å². The molecule has 1 rings (SSSR count). The summed E-state index contributed by atoms with van der Waals surface area (Å²) in [5.74, 6) is 0. The first kappa shape index (κ1) is 15.8. The van der Waals surface area contributed by atoms with Gasteiger partial charge in [0.1, 0.15) is 0 Å². The summed E-state index contributed by atoms with van der Waals surface area (Å²) in [7, 11) is 5.75. The van der Waals surface area contributed by atoms with Crippen LogP contribution in [-0.2, 0) is 12.7 Å². The first-order valence-corrected chi connectivity index (χ1v) is 6.01. The second-order valence-corrected chi connectivity index (χ2v) is 4.77. The number of hydrogen-bond acceptors (Lipinski definition) is 3. The molecule has 1 aromatic rings. The van der Waals surface area contributed by atoms with E-state index in [1.807, 2.05) is 30.9 Å². The maximum Gasteiger partial charge on any atom is 0.416 e. The summed E-state index contributed by atoms with van der Waals surface area (Å²) in [6.07, 6.45) is -4.33. The normalized spacial score (nSPS) is 12.0. The molecule has 0 saturated heterocycles. The van der Waals surface area contributed by atoms with Crippen LogP contribution in [-0.4, -0.2) is 39.1 Å². The molecule has 0 aliphatic heterocycles. The molecule has 1 aromatic carbocycles. The molecule has 0 spiro atoms. The number of halogens is 3. The van der Waals surface area contributed by atoms with Crippen molar-refractivity contribution < 1.29 is 13.2 Å². The highest BCUT2D eigenvalue weighted by Crippen LogP contribution is 2.32. The fourth-order valence-corrected chi connectivity index (χ4v) is 1.77. The van der Waals surface area contributed by atoms with E-state index in [2.05, 4.69) is 0 Å². The van der Waals surface area contributed by atoms with Crippen molar-refractivity contribution in [3.05, 3.63) is 29.3 Å². The van der Waals surface area contributed by atoms with Crippen molar-refractivity contribution >= 4 is 5.69 Å². The van der Waals surface area contributed by atoms with Crippen LogP contribution < -0.4 is 10.6 Å². The van der Waals surface area contributed by atoms with E-state index in [4.69, 9.17) is 5.73 Å². The van der Waals surface area contributed by atoms with Gasteiger partial charge in [0, 0.05) is 32.4 Å². The Balaban J connectivity index is 2.96. The second-order valence-electron chi connectivity index (χ2n) is 4.77. The number of hydrogen-bond donors (Lipinski definition) is 1. The van der Waals surface area contributed by atoms with Crippen molar-refractivity contribution in [1.29, 1.82) is 0 Å². The molecule has 0 saturated carbocycles. The van der Waals surface area contributed by atoms with Crippen LogP contribution in [0.5, 0.6) is 0 Å². The Morgan fingerprint density at radius 1 is 1.11 bits per heavy atom. The molecule has 0 unspecified atom stereocenters. The van der Waals surface area contributed by atoms with Crippen molar-refractivity contribution in [3.63, 3.8) is 0 Å². The van der Waals surface area contributed by atoms with Crippen LogP contribution >= 0.6 is 0 Å². The number of likely N-dealkylation sites (N-methyl/N-ethyl adjacent to an activating group) is 2. The van der Waals surface area contributed by atoms with E-state index in [1.54, 1.807) is 0 Å². The highest BCUT2D eigenvalue weighted by Gasteiger charge is 2.31. The van der Waals surface area contributed by atoms with Crippen LogP contribution in [0, 0.1) is 0 Å². The van der Waals surface area contributed by atoms with E-state index in [1.165, 1.54) is 6.07 Å². The topological polar surface area (TPSA) is 32.5 Å². The first-order valence-electron chi connectivity index (χ1n) is 6.01. The van der Waals surface area contributed by atoms with Crippen molar-refractivity contribution in [1.82, 2.24) is 4.90 Å². The van der Waals surface area contributed by atoms with E-state index < -0.39 is 11.7 Å². The van der Waals surface area contributed by atoms with Gasteiger partial charge in [0.15, 0.2) is 0 Å². The average molecular weight is 275 g/mol. The third-order valence-corrected chi connectivity index (χ3v) is 2.92. The highest BCUT2D eigenvalue weighted by molar-refractivity contribution is 5.55. The summed E-state index contributed by atoms with van der Waals surface area (Å²) in [5.41, 5.74) is 6.16. The molecule has 2 N–H and O–H groups in total. The number of alkyl halides is 3. The standard InChI is InChI=1S/C13H20F3N3/c1-18(2)6-7-19(3)12-5-4-11(13(14,15)16)8-10(12)9-17/h4-5,8H,6-7,9,17H2,1-3H3. The minimum absolute atomic E-state index is 0.0888.